The summed E-state index contributed by atoms with van der Waals surface area (Å²) in [7, 11) is 1.36. The number of aliphatic hydroxyl groups excluding tert-OH is 1. The van der Waals surface area contributed by atoms with E-state index in [1.807, 2.05) is 18.2 Å². The molecule has 6 rings (SSSR count). The van der Waals surface area contributed by atoms with Crippen LogP contribution in [0.3, 0.4) is 0 Å². The fraction of sp³-hybridized carbons (Fsp3) is 0.379. The lowest BCUT2D eigenvalue weighted by atomic mass is 9.56. The van der Waals surface area contributed by atoms with Gasteiger partial charge in [-0.1, -0.05) is 23.8 Å². The summed E-state index contributed by atoms with van der Waals surface area (Å²) in [5.74, 6) is -4.08. The number of ether oxygens (including phenoxy) is 1. The Morgan fingerprint density at radius 1 is 0.975 bits per heavy atom. The van der Waals surface area contributed by atoms with Gasteiger partial charge in [-0.3, -0.25) is 29.0 Å². The highest BCUT2D eigenvalue weighted by Gasteiger charge is 2.75. The van der Waals surface area contributed by atoms with Gasteiger partial charge in [0.1, 0.15) is 12.4 Å². The van der Waals surface area contributed by atoms with Gasteiger partial charge in [-0.05, 0) is 83.3 Å². The van der Waals surface area contributed by atoms with Gasteiger partial charge in [0.15, 0.2) is 9.75 Å². The largest absolute Gasteiger partial charge is 0.491 e. The van der Waals surface area contributed by atoms with E-state index in [-0.39, 0.29) is 31.4 Å². The van der Waals surface area contributed by atoms with Gasteiger partial charge in [0, 0.05) is 16.5 Å². The van der Waals surface area contributed by atoms with Crippen molar-refractivity contribution in [2.24, 2.45) is 17.8 Å². The van der Waals surface area contributed by atoms with Gasteiger partial charge in [-0.2, -0.15) is 0 Å². The molecule has 0 radical (unpaired) electrons. The maximum Gasteiger partial charge on any atom is 0.253 e. The van der Waals surface area contributed by atoms with Crippen LogP contribution in [0.5, 0.6) is 5.75 Å². The van der Waals surface area contributed by atoms with E-state index in [4.69, 9.17) is 33.0 Å². The zero-order valence-corrected chi connectivity index (χ0v) is 25.0. The van der Waals surface area contributed by atoms with Gasteiger partial charge in [-0.15, -0.1) is 23.2 Å². The van der Waals surface area contributed by atoms with Crippen LogP contribution in [0.4, 0.5) is 5.69 Å². The number of likely N-dealkylation sites (tertiary alicyclic amines) is 1. The molecule has 0 bridgehead atoms. The quantitative estimate of drug-likeness (QED) is 0.221. The molecule has 2 aromatic rings. The molecule has 2 aromatic carbocycles. The molecular weight excluding hydrogens is 670 g/mol. The second kappa shape index (κ2) is 9.82. The number of allylic oxidation sites excluding steroid dienone is 2. The molecule has 2 heterocycles. The Morgan fingerprint density at radius 3 is 2.30 bits per heavy atom. The van der Waals surface area contributed by atoms with Crippen LogP contribution in [0.1, 0.15) is 24.3 Å². The van der Waals surface area contributed by atoms with E-state index in [9.17, 15) is 19.2 Å². The predicted molar refractivity (Wildman–Crippen MR) is 156 cm³/mol. The Kier molecular flexibility index (Phi) is 6.80. The molecule has 6 unspecified atom stereocenters. The van der Waals surface area contributed by atoms with Crippen LogP contribution in [-0.2, 0) is 19.2 Å². The highest BCUT2D eigenvalue weighted by Crippen LogP contribution is 2.65. The Bertz CT molecular complexity index is 1460. The molecule has 0 spiro atoms. The van der Waals surface area contributed by atoms with Crippen molar-refractivity contribution in [1.29, 1.82) is 0 Å². The molecule has 0 aromatic heterocycles. The number of rotatable bonds is 5. The lowest BCUT2D eigenvalue weighted by Crippen LogP contribution is -2.60. The standard InChI is InChI=1S/C29H25Cl2IN2O6/c1-33-26(38)28(30)14-21-19(23(29(28,31)27(33)39)15-2-8-18(9-3-15)40-13-12-35)10-11-20-22(21)25(37)34(24(20)36)17-6-4-16(32)5-7-17/h2-10,20-23,35H,11-14H2,1H3. The summed E-state index contributed by atoms with van der Waals surface area (Å²) < 4.78 is 6.47. The number of anilines is 1. The zero-order valence-electron chi connectivity index (χ0n) is 21.4. The van der Waals surface area contributed by atoms with Crippen LogP contribution in [0.25, 0.3) is 0 Å². The van der Waals surface area contributed by atoms with E-state index in [1.165, 1.54) is 11.9 Å². The predicted octanol–water partition coefficient (Wildman–Crippen LogP) is 3.86. The summed E-state index contributed by atoms with van der Waals surface area (Å²) in [5, 5.41) is 9.08. The van der Waals surface area contributed by atoms with E-state index in [2.05, 4.69) is 22.6 Å². The second-order valence-corrected chi connectivity index (χ2v) is 13.1. The minimum atomic E-state index is -1.83. The van der Waals surface area contributed by atoms with Gasteiger partial charge in [0.2, 0.25) is 11.8 Å². The maximum atomic E-state index is 14.0. The molecule has 1 N–H and O–H groups in total. The summed E-state index contributed by atoms with van der Waals surface area (Å²) in [6.45, 7) is -0.0235. The Hall–Kier alpha value is -2.47. The third-order valence-electron chi connectivity index (χ3n) is 8.67. The number of benzene rings is 2. The number of hydrogen-bond donors (Lipinski definition) is 1. The summed E-state index contributed by atoms with van der Waals surface area (Å²) in [4.78, 5) is 53.3. The van der Waals surface area contributed by atoms with Crippen molar-refractivity contribution >= 4 is 75.1 Å². The first-order valence-corrected chi connectivity index (χ1v) is 14.8. The Labute approximate surface area is 254 Å². The van der Waals surface area contributed by atoms with Crippen molar-refractivity contribution in [2.45, 2.75) is 28.5 Å². The van der Waals surface area contributed by atoms with Crippen molar-refractivity contribution in [3.63, 3.8) is 0 Å². The smallest absolute Gasteiger partial charge is 0.253 e. The van der Waals surface area contributed by atoms with Crippen molar-refractivity contribution < 1.29 is 29.0 Å². The highest BCUT2D eigenvalue weighted by molar-refractivity contribution is 14.1. The summed E-state index contributed by atoms with van der Waals surface area (Å²) >= 11 is 16.5. The average Bonchev–Trinajstić information content (AvgIpc) is 3.27. The molecule has 3 fully saturated rings. The summed E-state index contributed by atoms with van der Waals surface area (Å²) in [6.07, 6.45) is 2.16. The van der Waals surface area contributed by atoms with Crippen molar-refractivity contribution in [1.82, 2.24) is 4.90 Å². The number of halogens is 3. The van der Waals surface area contributed by atoms with E-state index in [0.29, 0.717) is 23.4 Å². The molecular formula is C29H25Cl2IN2O6. The minimum absolute atomic E-state index is 0.0479. The van der Waals surface area contributed by atoms with Crippen LogP contribution in [0, 0.1) is 21.3 Å². The molecule has 40 heavy (non-hydrogen) atoms. The number of amides is 4. The van der Waals surface area contributed by atoms with E-state index < -0.39 is 45.2 Å². The third-order valence-corrected chi connectivity index (χ3v) is 10.8. The average molecular weight is 695 g/mol. The van der Waals surface area contributed by atoms with Crippen molar-refractivity contribution in [3.05, 3.63) is 69.3 Å². The monoisotopic (exact) mass is 694 g/mol. The van der Waals surface area contributed by atoms with Gasteiger partial charge in [0.05, 0.1) is 24.1 Å². The molecule has 11 heteroatoms. The molecule has 1 saturated carbocycles. The first-order chi connectivity index (χ1) is 19.0. The normalized spacial score (nSPS) is 33.1. The maximum absolute atomic E-state index is 14.0. The van der Waals surface area contributed by atoms with Gasteiger partial charge >= 0.3 is 0 Å². The molecule has 2 saturated heterocycles. The summed E-state index contributed by atoms with van der Waals surface area (Å²) in [5.41, 5.74) is 1.86. The topological polar surface area (TPSA) is 104 Å². The lowest BCUT2D eigenvalue weighted by molar-refractivity contribution is -0.138. The number of nitrogens with zero attached hydrogens (tertiary/aromatic N) is 2. The molecule has 208 valence electrons. The number of fused-ring (bicyclic) bond motifs is 4. The first-order valence-electron chi connectivity index (χ1n) is 12.9. The zero-order chi connectivity index (χ0) is 28.6. The van der Waals surface area contributed by atoms with Gasteiger partial charge in [0.25, 0.3) is 11.8 Å². The first kappa shape index (κ1) is 27.7. The third kappa shape index (κ3) is 3.73. The van der Waals surface area contributed by atoms with Crippen molar-refractivity contribution in [3.8, 4) is 5.75 Å². The molecule has 4 amide bonds. The number of alkyl halides is 2. The van der Waals surface area contributed by atoms with Crippen LogP contribution in [0.2, 0.25) is 0 Å². The van der Waals surface area contributed by atoms with E-state index in [0.717, 1.165) is 14.0 Å². The second-order valence-electron chi connectivity index (χ2n) is 10.6. The molecule has 8 nitrogen and oxygen atoms in total. The number of imide groups is 2. The number of aliphatic hydroxyl groups is 1. The highest BCUT2D eigenvalue weighted by atomic mass is 127. The van der Waals surface area contributed by atoms with Crippen molar-refractivity contribution in [2.75, 3.05) is 25.2 Å². The number of hydrogen-bond acceptors (Lipinski definition) is 6. The lowest BCUT2D eigenvalue weighted by Gasteiger charge is -2.50. The van der Waals surface area contributed by atoms with Crippen LogP contribution in [-0.4, -0.2) is 63.6 Å². The fourth-order valence-electron chi connectivity index (χ4n) is 6.88. The van der Waals surface area contributed by atoms with Gasteiger partial charge < -0.3 is 9.84 Å². The SMILES string of the molecule is CN1C(=O)C2(Cl)CC3C(=CCC4C(=O)N(c5ccc(I)cc5)C(=O)C43)C(c3ccc(OCCO)cc3)C2(Cl)C1=O. The Balaban J connectivity index is 1.46. The Morgan fingerprint density at radius 2 is 1.65 bits per heavy atom. The van der Waals surface area contributed by atoms with E-state index >= 15 is 0 Å². The molecule has 2 aliphatic carbocycles. The van der Waals surface area contributed by atoms with Crippen LogP contribution in [0.15, 0.2) is 60.2 Å². The van der Waals surface area contributed by atoms with Crippen LogP contribution < -0.4 is 9.64 Å². The van der Waals surface area contributed by atoms with Gasteiger partial charge in [-0.25, -0.2) is 0 Å². The molecule has 6 atom stereocenters. The number of carbonyl (C=O) groups excluding carboxylic acids is 4. The summed E-state index contributed by atoms with van der Waals surface area (Å²) in [6, 6.07) is 14.1. The minimum Gasteiger partial charge on any atom is -0.491 e. The fourth-order valence-corrected chi connectivity index (χ4v) is 8.26. The molecule has 2 aliphatic heterocycles. The van der Waals surface area contributed by atoms with Crippen LogP contribution >= 0.6 is 45.8 Å². The van der Waals surface area contributed by atoms with E-state index in [1.54, 1.807) is 36.4 Å². The number of carbonyl (C=O) groups is 4. The molecule has 4 aliphatic rings.